The standard InChI is InChI=1S/C16H16O5/c1-3-20-15(17)11-6-7-12-14(11)10-5-4-9(19-2)8-13(10)21-16(12)18/h4-5,7-8,11,14H,3,6H2,1-2H3/t11-,14+/m0/s1. The smallest absolute Gasteiger partial charge is 0.339 e. The third-order valence-corrected chi connectivity index (χ3v) is 3.91. The SMILES string of the molecule is CCOC(=O)[C@H]1CC=C2C(=O)Oc3cc(OC)ccc3[C@@H]21. The number of benzene rings is 1. The lowest BCUT2D eigenvalue weighted by molar-refractivity contribution is -0.148. The van der Waals surface area contributed by atoms with E-state index >= 15 is 0 Å². The largest absolute Gasteiger partial charge is 0.497 e. The Hall–Kier alpha value is -2.30. The Labute approximate surface area is 122 Å². The zero-order valence-electron chi connectivity index (χ0n) is 11.9. The highest BCUT2D eigenvalue weighted by Crippen LogP contribution is 2.48. The Kier molecular flexibility index (Phi) is 3.41. The first-order valence-corrected chi connectivity index (χ1v) is 6.92. The van der Waals surface area contributed by atoms with Crippen molar-refractivity contribution in [2.24, 2.45) is 5.92 Å². The molecule has 1 aliphatic carbocycles. The number of carbonyl (C=O) groups excluding carboxylic acids is 2. The van der Waals surface area contributed by atoms with Crippen LogP contribution < -0.4 is 9.47 Å². The summed E-state index contributed by atoms with van der Waals surface area (Å²) in [6.07, 6.45) is 2.28. The lowest BCUT2D eigenvalue weighted by Gasteiger charge is -2.27. The normalized spacial score (nSPS) is 22.8. The molecule has 0 unspecified atom stereocenters. The van der Waals surface area contributed by atoms with Crippen LogP contribution in [0.15, 0.2) is 29.8 Å². The molecular weight excluding hydrogens is 272 g/mol. The van der Waals surface area contributed by atoms with Crippen molar-refractivity contribution in [3.63, 3.8) is 0 Å². The van der Waals surface area contributed by atoms with Gasteiger partial charge in [0.1, 0.15) is 11.5 Å². The van der Waals surface area contributed by atoms with Gasteiger partial charge in [0.25, 0.3) is 0 Å². The molecule has 1 aromatic carbocycles. The van der Waals surface area contributed by atoms with Gasteiger partial charge in [-0.1, -0.05) is 12.1 Å². The quantitative estimate of drug-likeness (QED) is 0.630. The minimum atomic E-state index is -0.396. The fourth-order valence-corrected chi connectivity index (χ4v) is 2.96. The van der Waals surface area contributed by atoms with Crippen LogP contribution in [0.1, 0.15) is 24.8 Å². The Balaban J connectivity index is 2.01. The Bertz CT molecular complexity index is 632. The van der Waals surface area contributed by atoms with Crippen molar-refractivity contribution >= 4 is 11.9 Å². The summed E-state index contributed by atoms with van der Waals surface area (Å²) in [5.41, 5.74) is 1.38. The number of hydrogen-bond acceptors (Lipinski definition) is 5. The van der Waals surface area contributed by atoms with Crippen molar-refractivity contribution in [1.29, 1.82) is 0 Å². The highest BCUT2D eigenvalue weighted by Gasteiger charge is 2.44. The molecule has 0 fully saturated rings. The minimum Gasteiger partial charge on any atom is -0.497 e. The number of allylic oxidation sites excluding steroid dienone is 1. The van der Waals surface area contributed by atoms with Crippen LogP contribution >= 0.6 is 0 Å². The topological polar surface area (TPSA) is 61.8 Å². The number of ether oxygens (including phenoxy) is 3. The molecule has 1 aromatic rings. The molecule has 0 amide bonds. The van der Waals surface area contributed by atoms with Crippen molar-refractivity contribution in [3.05, 3.63) is 35.4 Å². The predicted molar refractivity (Wildman–Crippen MR) is 74.2 cm³/mol. The van der Waals surface area contributed by atoms with E-state index in [1.165, 1.54) is 0 Å². The second-order valence-corrected chi connectivity index (χ2v) is 5.02. The van der Waals surface area contributed by atoms with E-state index in [4.69, 9.17) is 14.2 Å². The Morgan fingerprint density at radius 1 is 1.43 bits per heavy atom. The number of fused-ring (bicyclic) bond motifs is 3. The van der Waals surface area contributed by atoms with E-state index in [-0.39, 0.29) is 17.8 Å². The number of methoxy groups -OCH3 is 1. The van der Waals surface area contributed by atoms with Gasteiger partial charge in [0, 0.05) is 23.1 Å². The molecule has 0 saturated carbocycles. The van der Waals surface area contributed by atoms with Crippen LogP contribution in [0.4, 0.5) is 0 Å². The van der Waals surface area contributed by atoms with E-state index in [0.29, 0.717) is 30.1 Å². The molecule has 3 rings (SSSR count). The fourth-order valence-electron chi connectivity index (χ4n) is 2.96. The van der Waals surface area contributed by atoms with Crippen molar-refractivity contribution in [2.45, 2.75) is 19.3 Å². The van der Waals surface area contributed by atoms with Crippen LogP contribution in [0.25, 0.3) is 0 Å². The molecule has 21 heavy (non-hydrogen) atoms. The minimum absolute atomic E-state index is 0.273. The summed E-state index contributed by atoms with van der Waals surface area (Å²) >= 11 is 0. The summed E-state index contributed by atoms with van der Waals surface area (Å²) in [6, 6.07) is 5.32. The maximum absolute atomic E-state index is 12.1. The summed E-state index contributed by atoms with van der Waals surface area (Å²) in [5.74, 6) is -0.249. The maximum atomic E-state index is 12.1. The summed E-state index contributed by atoms with van der Waals surface area (Å²) in [6.45, 7) is 2.10. The lowest BCUT2D eigenvalue weighted by atomic mass is 9.82. The molecule has 0 aromatic heterocycles. The first kappa shape index (κ1) is 13.7. The first-order valence-electron chi connectivity index (χ1n) is 6.92. The maximum Gasteiger partial charge on any atom is 0.339 e. The zero-order chi connectivity index (χ0) is 15.0. The van der Waals surface area contributed by atoms with Crippen LogP contribution in [-0.4, -0.2) is 25.7 Å². The fraction of sp³-hybridized carbons (Fsp3) is 0.375. The summed E-state index contributed by atoms with van der Waals surface area (Å²) in [7, 11) is 1.55. The average Bonchev–Trinajstić information content (AvgIpc) is 2.92. The summed E-state index contributed by atoms with van der Waals surface area (Å²) < 4.78 is 15.6. The molecule has 110 valence electrons. The number of hydrogen-bond donors (Lipinski definition) is 0. The predicted octanol–water partition coefficient (Wildman–Crippen LogP) is 2.21. The second kappa shape index (κ2) is 5.24. The van der Waals surface area contributed by atoms with Crippen LogP contribution in [-0.2, 0) is 14.3 Å². The number of esters is 2. The van der Waals surface area contributed by atoms with Crippen molar-refractivity contribution in [1.82, 2.24) is 0 Å². The van der Waals surface area contributed by atoms with E-state index in [1.807, 2.05) is 6.07 Å². The van der Waals surface area contributed by atoms with Gasteiger partial charge >= 0.3 is 11.9 Å². The summed E-state index contributed by atoms with van der Waals surface area (Å²) in [4.78, 5) is 24.2. The highest BCUT2D eigenvalue weighted by atomic mass is 16.5. The molecule has 0 radical (unpaired) electrons. The monoisotopic (exact) mass is 288 g/mol. The van der Waals surface area contributed by atoms with Crippen molar-refractivity contribution in [2.75, 3.05) is 13.7 Å². The van der Waals surface area contributed by atoms with E-state index in [0.717, 1.165) is 5.56 Å². The van der Waals surface area contributed by atoms with Crippen LogP contribution in [0.5, 0.6) is 11.5 Å². The Morgan fingerprint density at radius 2 is 2.24 bits per heavy atom. The van der Waals surface area contributed by atoms with Gasteiger partial charge in [0.2, 0.25) is 0 Å². The van der Waals surface area contributed by atoms with Gasteiger partial charge in [-0.25, -0.2) is 4.79 Å². The third kappa shape index (κ3) is 2.18. The molecule has 0 bridgehead atoms. The molecular formula is C16H16O5. The van der Waals surface area contributed by atoms with E-state index in [1.54, 1.807) is 32.2 Å². The molecule has 1 aliphatic heterocycles. The van der Waals surface area contributed by atoms with Crippen LogP contribution in [0.2, 0.25) is 0 Å². The third-order valence-electron chi connectivity index (χ3n) is 3.91. The second-order valence-electron chi connectivity index (χ2n) is 5.02. The molecule has 0 spiro atoms. The number of carbonyl (C=O) groups is 2. The van der Waals surface area contributed by atoms with Gasteiger partial charge in [-0.3, -0.25) is 4.79 Å². The van der Waals surface area contributed by atoms with Crippen LogP contribution in [0, 0.1) is 5.92 Å². The van der Waals surface area contributed by atoms with E-state index in [2.05, 4.69) is 0 Å². The van der Waals surface area contributed by atoms with Gasteiger partial charge < -0.3 is 14.2 Å². The van der Waals surface area contributed by atoms with Gasteiger partial charge in [0.15, 0.2) is 0 Å². The molecule has 0 saturated heterocycles. The summed E-state index contributed by atoms with van der Waals surface area (Å²) in [5, 5.41) is 0. The number of rotatable bonds is 3. The van der Waals surface area contributed by atoms with Gasteiger partial charge in [0.05, 0.1) is 19.6 Å². The molecule has 2 aliphatic rings. The van der Waals surface area contributed by atoms with Crippen molar-refractivity contribution in [3.8, 4) is 11.5 Å². The molecule has 2 atom stereocenters. The Morgan fingerprint density at radius 3 is 2.95 bits per heavy atom. The van der Waals surface area contributed by atoms with E-state index in [9.17, 15) is 9.59 Å². The van der Waals surface area contributed by atoms with Gasteiger partial charge in [-0.05, 0) is 19.4 Å². The first-order chi connectivity index (χ1) is 10.2. The zero-order valence-corrected chi connectivity index (χ0v) is 11.9. The molecule has 1 heterocycles. The van der Waals surface area contributed by atoms with Crippen molar-refractivity contribution < 1.29 is 23.8 Å². The highest BCUT2D eigenvalue weighted by molar-refractivity contribution is 5.97. The molecule has 5 nitrogen and oxygen atoms in total. The van der Waals surface area contributed by atoms with Gasteiger partial charge in [-0.15, -0.1) is 0 Å². The van der Waals surface area contributed by atoms with E-state index < -0.39 is 5.97 Å². The average molecular weight is 288 g/mol. The lowest BCUT2D eigenvalue weighted by Crippen LogP contribution is -2.29. The van der Waals surface area contributed by atoms with Crippen LogP contribution in [0.3, 0.4) is 0 Å². The molecule has 0 N–H and O–H groups in total. The van der Waals surface area contributed by atoms with Gasteiger partial charge in [-0.2, -0.15) is 0 Å². The molecule has 5 heteroatoms.